The van der Waals surface area contributed by atoms with Crippen LogP contribution in [0, 0.1) is 6.92 Å². The zero-order valence-corrected chi connectivity index (χ0v) is 15.7. The summed E-state index contributed by atoms with van der Waals surface area (Å²) in [5.74, 6) is -0.0183. The predicted molar refractivity (Wildman–Crippen MR) is 99.7 cm³/mol. The Bertz CT molecular complexity index is 745. The molecule has 0 saturated carbocycles. The number of carbonyl (C=O) groups is 2. The van der Waals surface area contributed by atoms with Gasteiger partial charge >= 0.3 is 5.97 Å². The zero-order chi connectivity index (χ0) is 17.8. The number of hydrogen-bond donors (Lipinski definition) is 1. The van der Waals surface area contributed by atoms with Crippen molar-refractivity contribution in [3.05, 3.63) is 44.9 Å². The molecule has 2 aromatic rings. The molecule has 0 bridgehead atoms. The van der Waals surface area contributed by atoms with E-state index in [0.717, 1.165) is 43.4 Å². The highest BCUT2D eigenvalue weighted by Gasteiger charge is 2.32. The van der Waals surface area contributed by atoms with Crippen LogP contribution in [0.1, 0.15) is 81.9 Å². The average Bonchev–Trinajstić information content (AvgIpc) is 3.23. The smallest absolute Gasteiger partial charge is 0.355 e. The Kier molecular flexibility index (Phi) is 5.74. The lowest BCUT2D eigenvalue weighted by atomic mass is 9.84. The quantitative estimate of drug-likeness (QED) is 0.557. The van der Waals surface area contributed by atoms with E-state index in [9.17, 15) is 9.59 Å². The van der Waals surface area contributed by atoms with Gasteiger partial charge in [-0.15, -0.1) is 11.3 Å². The summed E-state index contributed by atoms with van der Waals surface area (Å²) in [4.78, 5) is 29.4. The van der Waals surface area contributed by atoms with Crippen LogP contribution in [0.3, 0.4) is 0 Å². The number of esters is 1. The summed E-state index contributed by atoms with van der Waals surface area (Å²) in [6.45, 7) is 4.43. The van der Waals surface area contributed by atoms with Gasteiger partial charge in [-0.05, 0) is 36.8 Å². The normalized spacial score (nSPS) is 16.7. The van der Waals surface area contributed by atoms with Gasteiger partial charge in [0.25, 0.3) is 0 Å². The lowest BCUT2D eigenvalue weighted by Crippen LogP contribution is -2.17. The van der Waals surface area contributed by atoms with E-state index in [2.05, 4.69) is 18.0 Å². The van der Waals surface area contributed by atoms with Crippen molar-refractivity contribution in [2.24, 2.45) is 0 Å². The summed E-state index contributed by atoms with van der Waals surface area (Å²) in [6.07, 6.45) is 5.56. The van der Waals surface area contributed by atoms with Crippen molar-refractivity contribution in [1.82, 2.24) is 4.98 Å². The summed E-state index contributed by atoms with van der Waals surface area (Å²) in [5, 5.41) is 2.04. The molecule has 25 heavy (non-hydrogen) atoms. The van der Waals surface area contributed by atoms with Gasteiger partial charge in [-0.1, -0.05) is 32.3 Å². The molecule has 2 heterocycles. The van der Waals surface area contributed by atoms with Crippen LogP contribution >= 0.6 is 11.3 Å². The van der Waals surface area contributed by atoms with Crippen LogP contribution in [-0.4, -0.2) is 23.3 Å². The van der Waals surface area contributed by atoms with Crippen molar-refractivity contribution < 1.29 is 14.3 Å². The molecule has 4 nitrogen and oxygen atoms in total. The Labute approximate surface area is 152 Å². The molecule has 0 spiro atoms. The van der Waals surface area contributed by atoms with Gasteiger partial charge in [-0.25, -0.2) is 4.79 Å². The third-order valence-corrected chi connectivity index (χ3v) is 5.90. The van der Waals surface area contributed by atoms with Crippen molar-refractivity contribution in [3.8, 4) is 0 Å². The molecule has 0 fully saturated rings. The SMILES string of the molecule is CCCCCCOC(=O)c1[nH]c2c(c1C)C(=O)C[C@H](c1cccs1)C2. The molecule has 0 aromatic carbocycles. The highest BCUT2D eigenvalue weighted by molar-refractivity contribution is 7.10. The van der Waals surface area contributed by atoms with Crippen molar-refractivity contribution in [1.29, 1.82) is 0 Å². The second-order valence-electron chi connectivity index (χ2n) is 6.72. The number of nitrogens with one attached hydrogen (secondary N) is 1. The van der Waals surface area contributed by atoms with Gasteiger partial charge in [-0.2, -0.15) is 0 Å². The summed E-state index contributed by atoms with van der Waals surface area (Å²) in [6, 6.07) is 4.09. The maximum Gasteiger partial charge on any atom is 0.355 e. The molecule has 0 aliphatic heterocycles. The predicted octanol–water partition coefficient (Wildman–Crippen LogP) is 5.03. The molecule has 2 aromatic heterocycles. The first-order chi connectivity index (χ1) is 12.1. The summed E-state index contributed by atoms with van der Waals surface area (Å²) < 4.78 is 5.39. The number of aromatic amines is 1. The lowest BCUT2D eigenvalue weighted by molar-refractivity contribution is 0.0490. The number of carbonyl (C=O) groups excluding carboxylic acids is 2. The average molecular weight is 359 g/mol. The van der Waals surface area contributed by atoms with E-state index < -0.39 is 0 Å². The number of unbranched alkanes of at least 4 members (excludes halogenated alkanes) is 3. The number of fused-ring (bicyclic) bond motifs is 1. The van der Waals surface area contributed by atoms with E-state index in [4.69, 9.17) is 4.74 Å². The van der Waals surface area contributed by atoms with Crippen LogP contribution in [-0.2, 0) is 11.2 Å². The third-order valence-electron chi connectivity index (χ3n) is 4.87. The van der Waals surface area contributed by atoms with E-state index in [-0.39, 0.29) is 17.7 Å². The number of ether oxygens (including phenoxy) is 1. The maximum atomic E-state index is 12.6. The van der Waals surface area contributed by atoms with Crippen molar-refractivity contribution in [2.45, 2.75) is 58.3 Å². The Hall–Kier alpha value is -1.88. The van der Waals surface area contributed by atoms with Gasteiger partial charge in [0.05, 0.1) is 6.61 Å². The zero-order valence-electron chi connectivity index (χ0n) is 14.9. The first-order valence-corrected chi connectivity index (χ1v) is 9.95. The Morgan fingerprint density at radius 1 is 1.32 bits per heavy atom. The van der Waals surface area contributed by atoms with Crippen LogP contribution in [0.25, 0.3) is 0 Å². The minimum atomic E-state index is -0.344. The number of Topliss-reactive ketones (excluding diaryl/α,β-unsaturated/α-hetero) is 1. The Morgan fingerprint density at radius 2 is 2.16 bits per heavy atom. The largest absolute Gasteiger partial charge is 0.461 e. The molecule has 0 unspecified atom stereocenters. The number of thiophene rings is 1. The molecular weight excluding hydrogens is 334 g/mol. The molecule has 1 aliphatic carbocycles. The Balaban J connectivity index is 1.71. The van der Waals surface area contributed by atoms with E-state index in [1.54, 1.807) is 11.3 Å². The third kappa shape index (κ3) is 3.87. The molecule has 1 N–H and O–H groups in total. The minimum absolute atomic E-state index is 0.121. The monoisotopic (exact) mass is 359 g/mol. The van der Waals surface area contributed by atoms with Crippen LogP contribution in [0.5, 0.6) is 0 Å². The number of ketones is 1. The van der Waals surface area contributed by atoms with Gasteiger partial charge in [-0.3, -0.25) is 4.79 Å². The summed E-state index contributed by atoms with van der Waals surface area (Å²) >= 11 is 1.68. The van der Waals surface area contributed by atoms with Crippen LogP contribution in [0.2, 0.25) is 0 Å². The fraction of sp³-hybridized carbons (Fsp3) is 0.500. The van der Waals surface area contributed by atoms with Crippen LogP contribution in [0.15, 0.2) is 17.5 Å². The van der Waals surface area contributed by atoms with Crippen molar-refractivity contribution in [2.75, 3.05) is 6.61 Å². The standard InChI is InChI=1S/C20H25NO3S/c1-3-4-5-6-9-24-20(23)19-13(2)18-15(21-19)11-14(12-16(18)22)17-8-7-10-25-17/h7-8,10,14,21H,3-6,9,11-12H2,1-2H3/t14-/m1/s1. The molecule has 0 saturated heterocycles. The van der Waals surface area contributed by atoms with E-state index in [1.807, 2.05) is 18.4 Å². The van der Waals surface area contributed by atoms with E-state index in [1.165, 1.54) is 4.88 Å². The van der Waals surface area contributed by atoms with E-state index in [0.29, 0.717) is 24.3 Å². The molecule has 5 heteroatoms. The second-order valence-corrected chi connectivity index (χ2v) is 7.70. The minimum Gasteiger partial charge on any atom is -0.461 e. The first kappa shape index (κ1) is 17.9. The highest BCUT2D eigenvalue weighted by Crippen LogP contribution is 2.36. The van der Waals surface area contributed by atoms with Crippen molar-refractivity contribution >= 4 is 23.1 Å². The van der Waals surface area contributed by atoms with Gasteiger partial charge in [0.1, 0.15) is 5.69 Å². The summed E-state index contributed by atoms with van der Waals surface area (Å²) in [7, 11) is 0. The molecule has 0 radical (unpaired) electrons. The highest BCUT2D eigenvalue weighted by atomic mass is 32.1. The summed E-state index contributed by atoms with van der Waals surface area (Å²) in [5.41, 5.74) is 2.76. The molecular formula is C20H25NO3S. The molecule has 1 aliphatic rings. The van der Waals surface area contributed by atoms with Gasteiger partial charge in [0, 0.05) is 28.5 Å². The fourth-order valence-corrected chi connectivity index (χ4v) is 4.36. The second kappa shape index (κ2) is 8.00. The molecule has 3 rings (SSSR count). The van der Waals surface area contributed by atoms with Gasteiger partial charge in [0.2, 0.25) is 0 Å². The molecule has 1 atom stereocenters. The molecule has 134 valence electrons. The van der Waals surface area contributed by atoms with Gasteiger partial charge in [0.15, 0.2) is 5.78 Å². The van der Waals surface area contributed by atoms with Crippen LogP contribution < -0.4 is 0 Å². The fourth-order valence-electron chi connectivity index (χ4n) is 3.53. The molecule has 0 amide bonds. The van der Waals surface area contributed by atoms with E-state index >= 15 is 0 Å². The maximum absolute atomic E-state index is 12.6. The first-order valence-electron chi connectivity index (χ1n) is 9.07. The Morgan fingerprint density at radius 3 is 2.88 bits per heavy atom. The number of aromatic nitrogens is 1. The van der Waals surface area contributed by atoms with Crippen LogP contribution in [0.4, 0.5) is 0 Å². The lowest BCUT2D eigenvalue weighted by Gasteiger charge is -2.20. The number of rotatable bonds is 7. The number of hydrogen-bond acceptors (Lipinski definition) is 4. The van der Waals surface area contributed by atoms with Crippen molar-refractivity contribution in [3.63, 3.8) is 0 Å². The number of H-pyrrole nitrogens is 1. The van der Waals surface area contributed by atoms with Gasteiger partial charge < -0.3 is 9.72 Å². The topological polar surface area (TPSA) is 59.2 Å².